The van der Waals surface area contributed by atoms with Crippen molar-refractivity contribution in [1.82, 2.24) is 9.97 Å². The van der Waals surface area contributed by atoms with E-state index in [1.807, 2.05) is 0 Å². The van der Waals surface area contributed by atoms with Crippen LogP contribution in [0.3, 0.4) is 0 Å². The van der Waals surface area contributed by atoms with Crippen molar-refractivity contribution in [3.05, 3.63) is 60.1 Å². The van der Waals surface area contributed by atoms with Gasteiger partial charge in [-0.2, -0.15) is 0 Å². The lowest BCUT2D eigenvalue weighted by molar-refractivity contribution is 0.0988. The predicted octanol–water partition coefficient (Wildman–Crippen LogP) is 2.41. The molecule has 0 N–H and O–H groups in total. The minimum Gasteiger partial charge on any atom is -0.301 e. The standard InChI is InChI=1S/C17H19N3O3S/c1-12(2)11-20(17(21)14-6-5-7-18-10-14)15-8-13(3)9-19-16(15)24(4,22)23/h5-10H,1,11H2,2-4H3. The van der Waals surface area contributed by atoms with Gasteiger partial charge >= 0.3 is 0 Å². The topological polar surface area (TPSA) is 80.2 Å². The first-order valence-corrected chi connectivity index (χ1v) is 9.12. The molecule has 0 radical (unpaired) electrons. The molecule has 0 saturated carbocycles. The van der Waals surface area contributed by atoms with Gasteiger partial charge in [-0.3, -0.25) is 9.78 Å². The molecular weight excluding hydrogens is 326 g/mol. The third-order valence-electron chi connectivity index (χ3n) is 3.19. The predicted molar refractivity (Wildman–Crippen MR) is 92.8 cm³/mol. The minimum absolute atomic E-state index is 0.133. The van der Waals surface area contributed by atoms with E-state index in [1.165, 1.54) is 17.3 Å². The van der Waals surface area contributed by atoms with Crippen LogP contribution in [-0.4, -0.2) is 37.1 Å². The van der Waals surface area contributed by atoms with Gasteiger partial charge in [0.25, 0.3) is 5.91 Å². The normalized spacial score (nSPS) is 11.1. The largest absolute Gasteiger partial charge is 0.301 e. The summed E-state index contributed by atoms with van der Waals surface area (Å²) in [6.45, 7) is 7.57. The lowest BCUT2D eigenvalue weighted by Gasteiger charge is -2.24. The Hall–Kier alpha value is -2.54. The second kappa shape index (κ2) is 6.92. The van der Waals surface area contributed by atoms with Crippen molar-refractivity contribution in [2.45, 2.75) is 18.9 Å². The summed E-state index contributed by atoms with van der Waals surface area (Å²) in [4.78, 5) is 22.2. The first-order chi connectivity index (χ1) is 11.2. The number of nitrogens with zero attached hydrogens (tertiary/aromatic N) is 3. The highest BCUT2D eigenvalue weighted by atomic mass is 32.2. The van der Waals surface area contributed by atoms with E-state index in [0.717, 1.165) is 11.8 Å². The maximum Gasteiger partial charge on any atom is 0.260 e. The highest BCUT2D eigenvalue weighted by molar-refractivity contribution is 7.90. The Morgan fingerprint density at radius 1 is 1.33 bits per heavy atom. The fraction of sp³-hybridized carbons (Fsp3) is 0.235. The first-order valence-electron chi connectivity index (χ1n) is 7.23. The highest BCUT2D eigenvalue weighted by Gasteiger charge is 2.25. The molecule has 6 nitrogen and oxygen atoms in total. The Labute approximate surface area is 141 Å². The molecule has 0 saturated heterocycles. The van der Waals surface area contributed by atoms with E-state index >= 15 is 0 Å². The number of amides is 1. The molecule has 0 bridgehead atoms. The van der Waals surface area contributed by atoms with Crippen LogP contribution in [0.1, 0.15) is 22.8 Å². The van der Waals surface area contributed by atoms with Gasteiger partial charge in [0.2, 0.25) is 0 Å². The molecule has 2 aromatic heterocycles. The molecule has 2 rings (SSSR count). The van der Waals surface area contributed by atoms with Gasteiger partial charge in [-0.25, -0.2) is 13.4 Å². The number of rotatable bonds is 5. The third-order valence-corrected chi connectivity index (χ3v) is 4.21. The van der Waals surface area contributed by atoms with Crippen LogP contribution in [0.25, 0.3) is 0 Å². The summed E-state index contributed by atoms with van der Waals surface area (Å²) in [5.41, 5.74) is 2.07. The highest BCUT2D eigenvalue weighted by Crippen LogP contribution is 2.26. The van der Waals surface area contributed by atoms with Crippen LogP contribution < -0.4 is 4.90 Å². The zero-order chi connectivity index (χ0) is 17.9. The van der Waals surface area contributed by atoms with Crippen LogP contribution in [0, 0.1) is 6.92 Å². The molecule has 0 aromatic carbocycles. The van der Waals surface area contributed by atoms with Crippen LogP contribution in [0.5, 0.6) is 0 Å². The monoisotopic (exact) mass is 345 g/mol. The number of hydrogen-bond acceptors (Lipinski definition) is 5. The number of aryl methyl sites for hydroxylation is 1. The van der Waals surface area contributed by atoms with Gasteiger partial charge in [0.05, 0.1) is 11.3 Å². The van der Waals surface area contributed by atoms with Crippen molar-refractivity contribution in [2.75, 3.05) is 17.7 Å². The Morgan fingerprint density at radius 3 is 2.58 bits per heavy atom. The van der Waals surface area contributed by atoms with Crippen molar-refractivity contribution in [1.29, 1.82) is 0 Å². The van der Waals surface area contributed by atoms with Crippen LogP contribution in [-0.2, 0) is 9.84 Å². The number of hydrogen-bond donors (Lipinski definition) is 0. The van der Waals surface area contributed by atoms with Crippen LogP contribution >= 0.6 is 0 Å². The molecule has 24 heavy (non-hydrogen) atoms. The summed E-state index contributed by atoms with van der Waals surface area (Å²) in [5.74, 6) is -0.358. The quantitative estimate of drug-likeness (QED) is 0.778. The molecule has 0 aliphatic carbocycles. The number of carbonyl (C=O) groups excluding carboxylic acids is 1. The van der Waals surface area contributed by atoms with Crippen molar-refractivity contribution < 1.29 is 13.2 Å². The van der Waals surface area contributed by atoms with E-state index in [9.17, 15) is 13.2 Å². The summed E-state index contributed by atoms with van der Waals surface area (Å²) < 4.78 is 24.2. The lowest BCUT2D eigenvalue weighted by Crippen LogP contribution is -2.34. The number of sulfone groups is 1. The van der Waals surface area contributed by atoms with E-state index in [4.69, 9.17) is 0 Å². The number of carbonyl (C=O) groups is 1. The molecule has 1 amide bonds. The van der Waals surface area contributed by atoms with Crippen molar-refractivity contribution in [3.8, 4) is 0 Å². The molecule has 0 atom stereocenters. The van der Waals surface area contributed by atoms with Crippen molar-refractivity contribution in [2.24, 2.45) is 0 Å². The van der Waals surface area contributed by atoms with Gasteiger partial charge in [0, 0.05) is 31.4 Å². The zero-order valence-electron chi connectivity index (χ0n) is 13.9. The van der Waals surface area contributed by atoms with Gasteiger partial charge in [0.15, 0.2) is 14.9 Å². The Morgan fingerprint density at radius 2 is 2.04 bits per heavy atom. The summed E-state index contributed by atoms with van der Waals surface area (Å²) in [6, 6.07) is 4.92. The second-order valence-corrected chi connectivity index (χ2v) is 7.63. The molecule has 0 aliphatic rings. The average molecular weight is 345 g/mol. The zero-order valence-corrected chi connectivity index (χ0v) is 14.7. The Bertz CT molecular complexity index is 877. The third kappa shape index (κ3) is 4.05. The maximum absolute atomic E-state index is 12.9. The van der Waals surface area contributed by atoms with Crippen LogP contribution in [0.4, 0.5) is 5.69 Å². The van der Waals surface area contributed by atoms with Gasteiger partial charge in [-0.05, 0) is 37.6 Å². The van der Waals surface area contributed by atoms with E-state index in [2.05, 4.69) is 16.5 Å². The molecular formula is C17H19N3O3S. The molecule has 0 spiro atoms. The fourth-order valence-electron chi connectivity index (χ4n) is 2.20. The van der Waals surface area contributed by atoms with E-state index in [0.29, 0.717) is 11.1 Å². The molecule has 7 heteroatoms. The van der Waals surface area contributed by atoms with Gasteiger partial charge in [0.1, 0.15) is 0 Å². The SMILES string of the molecule is C=C(C)CN(C(=O)c1cccnc1)c1cc(C)cnc1S(C)(=O)=O. The molecule has 2 heterocycles. The lowest BCUT2D eigenvalue weighted by atomic mass is 10.2. The van der Waals surface area contributed by atoms with E-state index < -0.39 is 9.84 Å². The molecule has 0 unspecified atom stereocenters. The summed E-state index contributed by atoms with van der Waals surface area (Å²) >= 11 is 0. The summed E-state index contributed by atoms with van der Waals surface area (Å²) in [6.07, 6.45) is 5.54. The number of aromatic nitrogens is 2. The molecule has 0 aliphatic heterocycles. The van der Waals surface area contributed by atoms with Crippen LogP contribution in [0.15, 0.2) is 54.0 Å². The number of anilines is 1. The van der Waals surface area contributed by atoms with Gasteiger partial charge in [-0.1, -0.05) is 12.2 Å². The van der Waals surface area contributed by atoms with Gasteiger partial charge in [-0.15, -0.1) is 0 Å². The smallest absolute Gasteiger partial charge is 0.260 e. The Kier molecular flexibility index (Phi) is 5.14. The van der Waals surface area contributed by atoms with Crippen molar-refractivity contribution >= 4 is 21.4 Å². The minimum atomic E-state index is -3.60. The van der Waals surface area contributed by atoms with Gasteiger partial charge < -0.3 is 4.90 Å². The number of pyridine rings is 2. The fourth-order valence-corrected chi connectivity index (χ4v) is 2.99. The van der Waals surface area contributed by atoms with E-state index in [1.54, 1.807) is 38.2 Å². The second-order valence-electron chi connectivity index (χ2n) is 5.70. The Balaban J connectivity index is 2.63. The average Bonchev–Trinajstić information content (AvgIpc) is 2.51. The molecule has 2 aromatic rings. The van der Waals surface area contributed by atoms with Crippen molar-refractivity contribution in [3.63, 3.8) is 0 Å². The maximum atomic E-state index is 12.9. The molecule has 126 valence electrons. The van der Waals surface area contributed by atoms with E-state index in [-0.39, 0.29) is 23.2 Å². The first kappa shape index (κ1) is 17.8. The van der Waals surface area contributed by atoms with Crippen LogP contribution in [0.2, 0.25) is 0 Å². The summed E-state index contributed by atoms with van der Waals surface area (Å²) in [5, 5.41) is -0.133. The molecule has 0 fully saturated rings. The summed E-state index contributed by atoms with van der Waals surface area (Å²) in [7, 11) is -3.60.